The number of aliphatic hydroxyl groups is 1. The Morgan fingerprint density at radius 1 is 1.36 bits per heavy atom. The molecule has 6 heteroatoms. The summed E-state index contributed by atoms with van der Waals surface area (Å²) in [5, 5.41) is 17.2. The molecule has 3 rings (SSSR count). The van der Waals surface area contributed by atoms with Crippen LogP contribution in [-0.4, -0.2) is 45.5 Å². The Labute approximate surface area is 148 Å². The highest BCUT2D eigenvalue weighted by molar-refractivity contribution is 5.75. The second kappa shape index (κ2) is 7.70. The molecule has 2 N–H and O–H groups in total. The van der Waals surface area contributed by atoms with E-state index in [4.69, 9.17) is 0 Å². The van der Waals surface area contributed by atoms with Crippen LogP contribution in [0, 0.1) is 13.8 Å². The number of benzene rings is 1. The molecule has 0 bridgehead atoms. The van der Waals surface area contributed by atoms with Crippen LogP contribution in [-0.2, 0) is 13.0 Å². The first-order valence-electron chi connectivity index (χ1n) is 8.84. The fourth-order valence-electron chi connectivity index (χ4n) is 3.52. The maximum atomic E-state index is 12.5. The molecule has 2 aromatic rings. The van der Waals surface area contributed by atoms with E-state index in [-0.39, 0.29) is 18.7 Å². The minimum absolute atomic E-state index is 0.0593. The van der Waals surface area contributed by atoms with Gasteiger partial charge < -0.3 is 15.3 Å². The first-order chi connectivity index (χ1) is 12.1. The van der Waals surface area contributed by atoms with Crippen molar-refractivity contribution >= 4 is 6.03 Å². The topological polar surface area (TPSA) is 70.4 Å². The summed E-state index contributed by atoms with van der Waals surface area (Å²) in [5.41, 5.74) is 4.42. The van der Waals surface area contributed by atoms with Crippen molar-refractivity contribution in [1.29, 1.82) is 0 Å². The summed E-state index contributed by atoms with van der Waals surface area (Å²) in [4.78, 5) is 14.3. The molecule has 1 aromatic carbocycles. The van der Waals surface area contributed by atoms with Crippen molar-refractivity contribution < 1.29 is 9.90 Å². The number of carbonyl (C=O) groups is 1. The molecule has 2 amide bonds. The summed E-state index contributed by atoms with van der Waals surface area (Å²) in [5.74, 6) is 0. The van der Waals surface area contributed by atoms with E-state index in [1.807, 2.05) is 36.7 Å². The summed E-state index contributed by atoms with van der Waals surface area (Å²) < 4.78 is 1.97. The van der Waals surface area contributed by atoms with E-state index in [2.05, 4.69) is 22.5 Å². The molecule has 1 aromatic heterocycles. The molecule has 0 saturated heterocycles. The first kappa shape index (κ1) is 17.5. The normalized spacial score (nSPS) is 16.6. The van der Waals surface area contributed by atoms with Crippen LogP contribution >= 0.6 is 0 Å². The van der Waals surface area contributed by atoms with Gasteiger partial charge in [0.1, 0.15) is 0 Å². The van der Waals surface area contributed by atoms with E-state index in [0.29, 0.717) is 13.1 Å². The van der Waals surface area contributed by atoms with Gasteiger partial charge in [-0.25, -0.2) is 4.79 Å². The average molecular weight is 342 g/mol. The van der Waals surface area contributed by atoms with E-state index in [1.54, 1.807) is 4.90 Å². The third-order valence-electron chi connectivity index (χ3n) is 4.77. The summed E-state index contributed by atoms with van der Waals surface area (Å²) >= 11 is 0. The molecule has 0 fully saturated rings. The Bertz CT molecular complexity index is 741. The highest BCUT2D eigenvalue weighted by Gasteiger charge is 2.29. The van der Waals surface area contributed by atoms with Gasteiger partial charge in [0.25, 0.3) is 0 Å². The lowest BCUT2D eigenvalue weighted by Gasteiger charge is -2.36. The first-order valence-corrected chi connectivity index (χ1v) is 8.84. The van der Waals surface area contributed by atoms with Crippen molar-refractivity contribution in [3.05, 3.63) is 52.8 Å². The van der Waals surface area contributed by atoms with Gasteiger partial charge in [-0.05, 0) is 43.9 Å². The Kier molecular flexibility index (Phi) is 5.38. The molecule has 0 aliphatic carbocycles. The largest absolute Gasteiger partial charge is 0.394 e. The minimum Gasteiger partial charge on any atom is -0.394 e. The summed E-state index contributed by atoms with van der Waals surface area (Å²) in [6.45, 7) is 5.96. The number of nitrogens with one attached hydrogen (secondary N) is 1. The van der Waals surface area contributed by atoms with Gasteiger partial charge in [-0.15, -0.1) is 0 Å². The number of aliphatic hydroxyl groups excluding tert-OH is 1. The number of amides is 2. The second-order valence-corrected chi connectivity index (χ2v) is 6.58. The van der Waals surface area contributed by atoms with E-state index in [0.717, 1.165) is 36.3 Å². The van der Waals surface area contributed by atoms with Crippen molar-refractivity contribution in [3.8, 4) is 0 Å². The Hall–Kier alpha value is -2.34. The molecule has 1 aliphatic heterocycles. The predicted octanol–water partition coefficient (Wildman–Crippen LogP) is 2.19. The molecule has 1 unspecified atom stereocenters. The molecule has 0 spiro atoms. The molecule has 1 aliphatic rings. The van der Waals surface area contributed by atoms with Gasteiger partial charge in [0.15, 0.2) is 0 Å². The van der Waals surface area contributed by atoms with Gasteiger partial charge >= 0.3 is 6.03 Å². The maximum Gasteiger partial charge on any atom is 0.318 e. The Morgan fingerprint density at radius 3 is 2.88 bits per heavy atom. The highest BCUT2D eigenvalue weighted by Crippen LogP contribution is 2.29. The fraction of sp³-hybridized carbons (Fsp3) is 0.474. The molecule has 134 valence electrons. The number of nitrogens with zero attached hydrogens (tertiary/aromatic N) is 3. The van der Waals surface area contributed by atoms with Gasteiger partial charge in [0.2, 0.25) is 0 Å². The standard InChI is InChI=1S/C19H26N4O2/c1-14-12-15(2)23(21-14)10-5-9-20-19(25)22-11-8-16-6-3-4-7-17(16)18(22)13-24/h3-4,6-7,12,18,24H,5,8-11,13H2,1-2H3,(H,20,25). The molecule has 6 nitrogen and oxygen atoms in total. The molecule has 1 atom stereocenters. The Morgan fingerprint density at radius 2 is 2.16 bits per heavy atom. The van der Waals surface area contributed by atoms with Crippen molar-refractivity contribution in [2.75, 3.05) is 19.7 Å². The lowest BCUT2D eigenvalue weighted by atomic mass is 9.93. The molecule has 0 radical (unpaired) electrons. The fourth-order valence-corrected chi connectivity index (χ4v) is 3.52. The van der Waals surface area contributed by atoms with Gasteiger partial charge in [-0.1, -0.05) is 24.3 Å². The van der Waals surface area contributed by atoms with Crippen molar-refractivity contribution in [1.82, 2.24) is 20.0 Å². The number of hydrogen-bond acceptors (Lipinski definition) is 3. The molecule has 0 saturated carbocycles. The number of hydrogen-bond donors (Lipinski definition) is 2. The van der Waals surface area contributed by atoms with Gasteiger partial charge in [0.05, 0.1) is 18.3 Å². The number of aryl methyl sites for hydroxylation is 3. The van der Waals surface area contributed by atoms with Crippen LogP contribution in [0.3, 0.4) is 0 Å². The van der Waals surface area contributed by atoms with Crippen molar-refractivity contribution in [2.24, 2.45) is 0 Å². The predicted molar refractivity (Wildman–Crippen MR) is 96.4 cm³/mol. The van der Waals surface area contributed by atoms with Gasteiger partial charge in [-0.2, -0.15) is 5.10 Å². The molecular weight excluding hydrogens is 316 g/mol. The minimum atomic E-state index is -0.263. The summed E-state index contributed by atoms with van der Waals surface area (Å²) in [7, 11) is 0. The van der Waals surface area contributed by atoms with Crippen LogP contribution in [0.4, 0.5) is 4.79 Å². The molecule has 2 heterocycles. The number of urea groups is 1. The lowest BCUT2D eigenvalue weighted by molar-refractivity contribution is 0.127. The van der Waals surface area contributed by atoms with Crippen LogP contribution in [0.2, 0.25) is 0 Å². The zero-order valence-electron chi connectivity index (χ0n) is 14.9. The maximum absolute atomic E-state index is 12.5. The van der Waals surface area contributed by atoms with E-state index in [9.17, 15) is 9.90 Å². The Balaban J connectivity index is 1.54. The average Bonchev–Trinajstić information content (AvgIpc) is 2.94. The summed E-state index contributed by atoms with van der Waals surface area (Å²) in [6, 6.07) is 9.71. The summed E-state index contributed by atoms with van der Waals surface area (Å²) in [6.07, 6.45) is 1.65. The number of aromatic nitrogens is 2. The van der Waals surface area contributed by atoms with Crippen molar-refractivity contribution in [2.45, 2.75) is 39.3 Å². The van der Waals surface area contributed by atoms with Crippen LogP contribution in [0.5, 0.6) is 0 Å². The van der Waals surface area contributed by atoms with Gasteiger partial charge in [-0.3, -0.25) is 4.68 Å². The number of fused-ring (bicyclic) bond motifs is 1. The SMILES string of the molecule is Cc1cc(C)n(CCCNC(=O)N2CCc3ccccc3C2CO)n1. The third-order valence-corrected chi connectivity index (χ3v) is 4.77. The third kappa shape index (κ3) is 3.85. The molecule has 25 heavy (non-hydrogen) atoms. The van der Waals surface area contributed by atoms with Crippen molar-refractivity contribution in [3.63, 3.8) is 0 Å². The van der Waals surface area contributed by atoms with E-state index < -0.39 is 0 Å². The van der Waals surface area contributed by atoms with Crippen LogP contribution < -0.4 is 5.32 Å². The van der Waals surface area contributed by atoms with Crippen LogP contribution in [0.25, 0.3) is 0 Å². The number of rotatable bonds is 5. The quantitative estimate of drug-likeness (QED) is 0.818. The monoisotopic (exact) mass is 342 g/mol. The van der Waals surface area contributed by atoms with Crippen LogP contribution in [0.15, 0.2) is 30.3 Å². The van der Waals surface area contributed by atoms with Crippen LogP contribution in [0.1, 0.15) is 35.0 Å². The lowest BCUT2D eigenvalue weighted by Crippen LogP contribution is -2.47. The second-order valence-electron chi connectivity index (χ2n) is 6.58. The van der Waals surface area contributed by atoms with E-state index in [1.165, 1.54) is 5.56 Å². The number of carbonyl (C=O) groups excluding carboxylic acids is 1. The molecular formula is C19H26N4O2. The van der Waals surface area contributed by atoms with E-state index >= 15 is 0 Å². The smallest absolute Gasteiger partial charge is 0.318 e. The highest BCUT2D eigenvalue weighted by atomic mass is 16.3. The van der Waals surface area contributed by atoms with Gasteiger partial charge in [0, 0.05) is 25.3 Å². The zero-order valence-corrected chi connectivity index (χ0v) is 14.9. The zero-order chi connectivity index (χ0) is 17.8.